The first-order chi connectivity index (χ1) is 15.1. The molecular weight excluding hydrogens is 390 g/mol. The zero-order valence-corrected chi connectivity index (χ0v) is 18.6. The van der Waals surface area contributed by atoms with Crippen LogP contribution in [0.4, 0.5) is 16.3 Å². The molecule has 2 aliphatic heterocycles. The topological polar surface area (TPSA) is 60.9 Å². The molecule has 1 N–H and O–H groups in total. The van der Waals surface area contributed by atoms with Gasteiger partial charge in [-0.1, -0.05) is 18.2 Å². The number of aromatic nitrogens is 1. The van der Waals surface area contributed by atoms with E-state index >= 15 is 0 Å². The summed E-state index contributed by atoms with van der Waals surface area (Å²) in [7, 11) is 0. The minimum absolute atomic E-state index is 0.0366. The number of carbonyl (C=O) groups is 1. The van der Waals surface area contributed by atoms with Crippen LogP contribution in [0.15, 0.2) is 42.5 Å². The summed E-state index contributed by atoms with van der Waals surface area (Å²) >= 11 is 0. The van der Waals surface area contributed by atoms with Gasteiger partial charge in [-0.25, -0.2) is 9.78 Å². The van der Waals surface area contributed by atoms with E-state index in [1.807, 2.05) is 42.2 Å². The number of amides is 2. The average Bonchev–Trinajstić information content (AvgIpc) is 2.79. The van der Waals surface area contributed by atoms with Crippen molar-refractivity contribution in [3.05, 3.63) is 53.7 Å². The lowest BCUT2D eigenvalue weighted by molar-refractivity contribution is 0.0384. The molecule has 7 nitrogen and oxygen atoms in total. The van der Waals surface area contributed by atoms with Crippen molar-refractivity contribution in [1.82, 2.24) is 14.8 Å². The van der Waals surface area contributed by atoms with Gasteiger partial charge in [-0.2, -0.15) is 0 Å². The highest BCUT2D eigenvalue weighted by atomic mass is 16.5. The summed E-state index contributed by atoms with van der Waals surface area (Å²) in [6.07, 6.45) is 1.01. The first-order valence-electron chi connectivity index (χ1n) is 11.2. The number of benzene rings is 1. The number of nitrogens with one attached hydrogen (secondary N) is 1. The van der Waals surface area contributed by atoms with Crippen LogP contribution in [0.3, 0.4) is 0 Å². The lowest BCUT2D eigenvalue weighted by Crippen LogP contribution is -2.55. The van der Waals surface area contributed by atoms with Crippen molar-refractivity contribution in [2.75, 3.05) is 62.7 Å². The minimum atomic E-state index is -0.0366. The Bertz CT molecular complexity index is 867. The summed E-state index contributed by atoms with van der Waals surface area (Å²) in [4.78, 5) is 24.1. The number of morpholine rings is 1. The molecule has 2 aliphatic rings. The molecule has 3 heterocycles. The molecule has 2 saturated heterocycles. The number of anilines is 2. The molecule has 0 radical (unpaired) electrons. The maximum Gasteiger partial charge on any atom is 0.322 e. The summed E-state index contributed by atoms with van der Waals surface area (Å²) in [5, 5.41) is 3.06. The number of pyridine rings is 1. The Morgan fingerprint density at radius 2 is 1.87 bits per heavy atom. The normalized spacial score (nSPS) is 20.0. The molecule has 0 aliphatic carbocycles. The highest BCUT2D eigenvalue weighted by Crippen LogP contribution is 2.19. The van der Waals surface area contributed by atoms with Crippen molar-refractivity contribution in [3.63, 3.8) is 0 Å². The Hall–Kier alpha value is -2.64. The summed E-state index contributed by atoms with van der Waals surface area (Å²) in [6.45, 7) is 11.1. The van der Waals surface area contributed by atoms with Gasteiger partial charge < -0.3 is 19.9 Å². The molecule has 2 amide bonds. The van der Waals surface area contributed by atoms with Gasteiger partial charge in [0.1, 0.15) is 5.82 Å². The Morgan fingerprint density at radius 3 is 2.58 bits per heavy atom. The van der Waals surface area contributed by atoms with Crippen LogP contribution in [0.25, 0.3) is 0 Å². The fourth-order valence-electron chi connectivity index (χ4n) is 4.23. The molecule has 4 rings (SSSR count). The van der Waals surface area contributed by atoms with Crippen molar-refractivity contribution in [2.45, 2.75) is 26.3 Å². The number of urea groups is 1. The average molecular weight is 424 g/mol. The Kier molecular flexibility index (Phi) is 7.04. The third-order valence-corrected chi connectivity index (χ3v) is 6.11. The van der Waals surface area contributed by atoms with E-state index in [-0.39, 0.29) is 12.1 Å². The summed E-state index contributed by atoms with van der Waals surface area (Å²) in [6, 6.07) is 14.4. The Balaban J connectivity index is 1.27. The van der Waals surface area contributed by atoms with Crippen LogP contribution >= 0.6 is 0 Å². The summed E-state index contributed by atoms with van der Waals surface area (Å²) in [5.74, 6) is 0.986. The van der Waals surface area contributed by atoms with Crippen molar-refractivity contribution in [2.24, 2.45) is 0 Å². The van der Waals surface area contributed by atoms with Crippen LogP contribution in [0.1, 0.15) is 18.2 Å². The Labute approximate surface area is 185 Å². The van der Waals surface area contributed by atoms with Crippen LogP contribution in [0.5, 0.6) is 0 Å². The van der Waals surface area contributed by atoms with Gasteiger partial charge in [-0.15, -0.1) is 0 Å². The zero-order chi connectivity index (χ0) is 21.6. The highest BCUT2D eigenvalue weighted by Gasteiger charge is 2.28. The largest absolute Gasteiger partial charge is 0.379 e. The van der Waals surface area contributed by atoms with Gasteiger partial charge in [0.2, 0.25) is 0 Å². The molecule has 0 saturated carbocycles. The van der Waals surface area contributed by atoms with E-state index in [0.717, 1.165) is 69.6 Å². The molecule has 1 aromatic heterocycles. The maximum absolute atomic E-state index is 12.9. The lowest BCUT2D eigenvalue weighted by Gasteiger charge is -2.40. The maximum atomic E-state index is 12.9. The third kappa shape index (κ3) is 5.74. The summed E-state index contributed by atoms with van der Waals surface area (Å²) in [5.41, 5.74) is 3.14. The van der Waals surface area contributed by atoms with Crippen molar-refractivity contribution >= 4 is 17.5 Å². The quantitative estimate of drug-likeness (QED) is 0.801. The van der Waals surface area contributed by atoms with Crippen molar-refractivity contribution in [3.8, 4) is 0 Å². The molecule has 0 bridgehead atoms. The monoisotopic (exact) mass is 423 g/mol. The van der Waals surface area contributed by atoms with E-state index < -0.39 is 0 Å². The smallest absolute Gasteiger partial charge is 0.322 e. The van der Waals surface area contributed by atoms with Gasteiger partial charge in [0, 0.05) is 56.7 Å². The summed E-state index contributed by atoms with van der Waals surface area (Å²) < 4.78 is 5.40. The van der Waals surface area contributed by atoms with Gasteiger partial charge in [0.05, 0.1) is 13.2 Å². The lowest BCUT2D eigenvalue weighted by atomic mass is 10.1. The number of ether oxygens (including phenoxy) is 1. The standard InChI is InChI=1S/C24H33N5O2/c1-19-4-3-5-23(25-19)28-12-13-29(20(2)18-28)24(30)26-22-8-6-21(7-9-22)10-11-27-14-16-31-17-15-27/h3-9,20H,10-18H2,1-2H3,(H,26,30)/t20-/m1/s1. The van der Waals surface area contributed by atoms with Crippen LogP contribution in [0.2, 0.25) is 0 Å². The van der Waals surface area contributed by atoms with Crippen molar-refractivity contribution < 1.29 is 9.53 Å². The van der Waals surface area contributed by atoms with E-state index in [4.69, 9.17) is 4.74 Å². The zero-order valence-electron chi connectivity index (χ0n) is 18.6. The molecule has 166 valence electrons. The molecule has 2 aromatic rings. The fraction of sp³-hybridized carbons (Fsp3) is 0.500. The van der Waals surface area contributed by atoms with Gasteiger partial charge in [-0.3, -0.25) is 4.90 Å². The number of hydrogen-bond acceptors (Lipinski definition) is 5. The fourth-order valence-corrected chi connectivity index (χ4v) is 4.23. The predicted molar refractivity (Wildman–Crippen MR) is 124 cm³/mol. The first-order valence-corrected chi connectivity index (χ1v) is 11.2. The molecule has 0 spiro atoms. The van der Waals surface area contributed by atoms with Crippen molar-refractivity contribution in [1.29, 1.82) is 0 Å². The molecule has 2 fully saturated rings. The van der Waals surface area contributed by atoms with E-state index in [1.165, 1.54) is 5.56 Å². The molecule has 0 unspecified atom stereocenters. The number of hydrogen-bond donors (Lipinski definition) is 1. The minimum Gasteiger partial charge on any atom is -0.379 e. The van der Waals surface area contributed by atoms with Crippen LogP contribution < -0.4 is 10.2 Å². The first kappa shape index (κ1) is 21.6. The van der Waals surface area contributed by atoms with Gasteiger partial charge >= 0.3 is 6.03 Å². The van der Waals surface area contributed by atoms with E-state index in [1.54, 1.807) is 0 Å². The van der Waals surface area contributed by atoms with Gasteiger partial charge in [0.25, 0.3) is 0 Å². The second kappa shape index (κ2) is 10.1. The van der Waals surface area contributed by atoms with E-state index in [0.29, 0.717) is 6.54 Å². The molecular formula is C24H33N5O2. The number of piperazine rings is 1. The molecule has 1 aromatic carbocycles. The Morgan fingerprint density at radius 1 is 1.10 bits per heavy atom. The number of nitrogens with zero attached hydrogens (tertiary/aromatic N) is 4. The number of rotatable bonds is 5. The molecule has 31 heavy (non-hydrogen) atoms. The van der Waals surface area contributed by atoms with Crippen LogP contribution in [0, 0.1) is 6.92 Å². The third-order valence-electron chi connectivity index (χ3n) is 6.11. The number of aryl methyl sites for hydroxylation is 1. The predicted octanol–water partition coefficient (Wildman–Crippen LogP) is 3.01. The van der Waals surface area contributed by atoms with Gasteiger partial charge in [-0.05, 0) is 50.1 Å². The second-order valence-electron chi connectivity index (χ2n) is 8.46. The second-order valence-corrected chi connectivity index (χ2v) is 8.46. The molecule has 7 heteroatoms. The SMILES string of the molecule is Cc1cccc(N2CCN(C(=O)Nc3ccc(CCN4CCOCC4)cc3)[C@H](C)C2)n1. The van der Waals surface area contributed by atoms with Gasteiger partial charge in [0.15, 0.2) is 0 Å². The van der Waals surface area contributed by atoms with E-state index in [9.17, 15) is 4.79 Å². The van der Waals surface area contributed by atoms with E-state index in [2.05, 4.69) is 39.2 Å². The van der Waals surface area contributed by atoms with Crippen LogP contribution in [-0.2, 0) is 11.2 Å². The highest BCUT2D eigenvalue weighted by molar-refractivity contribution is 5.89. The molecule has 1 atom stereocenters. The number of carbonyl (C=O) groups excluding carboxylic acids is 1. The van der Waals surface area contributed by atoms with Crippen LogP contribution in [-0.4, -0.2) is 79.3 Å².